The molecule has 0 spiro atoms. The van der Waals surface area contributed by atoms with E-state index >= 15 is 0 Å². The number of aryl methyl sites for hydroxylation is 1. The maximum Gasteiger partial charge on any atom is 0.261 e. The Morgan fingerprint density at radius 1 is 1.12 bits per heavy atom. The Morgan fingerprint density at radius 2 is 1.83 bits per heavy atom. The molecule has 3 rings (SSSR count). The van der Waals surface area contributed by atoms with Gasteiger partial charge < -0.3 is 4.90 Å². The van der Waals surface area contributed by atoms with E-state index in [1.165, 1.54) is 24.3 Å². The fourth-order valence-corrected chi connectivity index (χ4v) is 3.76. The Kier molecular flexibility index (Phi) is 4.28. The molecule has 7 heteroatoms. The zero-order valence-corrected chi connectivity index (χ0v) is 13.9. The van der Waals surface area contributed by atoms with E-state index in [1.807, 2.05) is 0 Å². The summed E-state index contributed by atoms with van der Waals surface area (Å²) in [5, 5.41) is 0. The molecule has 5 nitrogen and oxygen atoms in total. The Bertz CT molecular complexity index is 879. The van der Waals surface area contributed by atoms with Crippen molar-refractivity contribution in [2.45, 2.75) is 24.7 Å². The smallest absolute Gasteiger partial charge is 0.261 e. The monoisotopic (exact) mass is 348 g/mol. The molecule has 1 amide bonds. The number of amides is 1. The van der Waals surface area contributed by atoms with E-state index in [4.69, 9.17) is 0 Å². The summed E-state index contributed by atoms with van der Waals surface area (Å²) in [4.78, 5) is 13.4. The standard InChI is InChI=1S/C17H17FN2O3S/c1-12-4-5-13(18)11-16(12)19-24(22,23)15-8-6-14(7-9-15)20-10-2-3-17(20)21/h4-9,11,19H,2-3,10H2,1H3. The van der Waals surface area contributed by atoms with E-state index in [2.05, 4.69) is 4.72 Å². The number of nitrogens with one attached hydrogen (secondary N) is 1. The molecule has 1 heterocycles. The molecule has 0 atom stereocenters. The lowest BCUT2D eigenvalue weighted by Crippen LogP contribution is -2.23. The summed E-state index contributed by atoms with van der Waals surface area (Å²) in [5.74, 6) is -0.472. The number of rotatable bonds is 4. The van der Waals surface area contributed by atoms with Crippen LogP contribution in [0.25, 0.3) is 0 Å². The third kappa shape index (κ3) is 3.26. The largest absolute Gasteiger partial charge is 0.312 e. The van der Waals surface area contributed by atoms with Gasteiger partial charge in [0.15, 0.2) is 0 Å². The van der Waals surface area contributed by atoms with Crippen molar-refractivity contribution < 1.29 is 17.6 Å². The summed E-state index contributed by atoms with van der Waals surface area (Å²) >= 11 is 0. The van der Waals surface area contributed by atoms with Crippen molar-refractivity contribution >= 4 is 27.3 Å². The lowest BCUT2D eigenvalue weighted by atomic mass is 10.2. The van der Waals surface area contributed by atoms with Gasteiger partial charge in [0.2, 0.25) is 5.91 Å². The van der Waals surface area contributed by atoms with Crippen molar-refractivity contribution in [2.75, 3.05) is 16.2 Å². The highest BCUT2D eigenvalue weighted by Gasteiger charge is 2.22. The van der Waals surface area contributed by atoms with E-state index in [0.717, 1.165) is 12.5 Å². The summed E-state index contributed by atoms with van der Waals surface area (Å²) in [6, 6.07) is 10.0. The summed E-state index contributed by atoms with van der Waals surface area (Å²) < 4.78 is 40.6. The molecule has 0 unspecified atom stereocenters. The number of hydrogen-bond acceptors (Lipinski definition) is 3. The Hall–Kier alpha value is -2.41. The first-order valence-corrected chi connectivity index (χ1v) is 9.04. The van der Waals surface area contributed by atoms with Gasteiger partial charge in [0, 0.05) is 18.7 Å². The molecule has 0 aromatic heterocycles. The molecule has 24 heavy (non-hydrogen) atoms. The summed E-state index contributed by atoms with van der Waals surface area (Å²) in [5.41, 5.74) is 1.51. The van der Waals surface area contributed by atoms with E-state index < -0.39 is 15.8 Å². The molecule has 2 aromatic carbocycles. The van der Waals surface area contributed by atoms with Gasteiger partial charge in [-0.25, -0.2) is 12.8 Å². The zero-order valence-electron chi connectivity index (χ0n) is 13.1. The van der Waals surface area contributed by atoms with Gasteiger partial charge >= 0.3 is 0 Å². The first kappa shape index (κ1) is 16.4. The molecule has 1 aliphatic rings. The molecule has 126 valence electrons. The Morgan fingerprint density at radius 3 is 2.46 bits per heavy atom. The van der Waals surface area contributed by atoms with Crippen molar-refractivity contribution in [3.63, 3.8) is 0 Å². The first-order chi connectivity index (χ1) is 11.4. The van der Waals surface area contributed by atoms with Crippen LogP contribution in [0.15, 0.2) is 47.4 Å². The fraction of sp³-hybridized carbons (Fsp3) is 0.235. The molecule has 0 bridgehead atoms. The van der Waals surface area contributed by atoms with Crippen LogP contribution in [-0.2, 0) is 14.8 Å². The normalized spacial score (nSPS) is 14.9. The van der Waals surface area contributed by atoms with Crippen LogP contribution in [0.2, 0.25) is 0 Å². The first-order valence-electron chi connectivity index (χ1n) is 7.56. The molecule has 2 aromatic rings. The van der Waals surface area contributed by atoms with Crippen molar-refractivity contribution in [3.8, 4) is 0 Å². The summed E-state index contributed by atoms with van der Waals surface area (Å²) in [7, 11) is -3.83. The topological polar surface area (TPSA) is 66.5 Å². The molecular weight excluding hydrogens is 331 g/mol. The van der Waals surface area contributed by atoms with Gasteiger partial charge in [0.1, 0.15) is 5.82 Å². The minimum absolute atomic E-state index is 0.0408. The van der Waals surface area contributed by atoms with Gasteiger partial charge in [-0.3, -0.25) is 9.52 Å². The van der Waals surface area contributed by atoms with Crippen LogP contribution in [-0.4, -0.2) is 20.9 Å². The maximum atomic E-state index is 13.3. The second-order valence-corrected chi connectivity index (χ2v) is 7.39. The predicted octanol–water partition coefficient (Wildman–Crippen LogP) is 3.06. The van der Waals surface area contributed by atoms with Gasteiger partial charge in [-0.1, -0.05) is 6.07 Å². The van der Waals surface area contributed by atoms with Crippen LogP contribution in [0.1, 0.15) is 18.4 Å². The van der Waals surface area contributed by atoms with Crippen LogP contribution in [0, 0.1) is 12.7 Å². The molecule has 0 aliphatic carbocycles. The van der Waals surface area contributed by atoms with E-state index in [1.54, 1.807) is 24.0 Å². The molecule has 0 saturated carbocycles. The highest BCUT2D eigenvalue weighted by Crippen LogP contribution is 2.25. The summed E-state index contributed by atoms with van der Waals surface area (Å²) in [6.07, 6.45) is 1.32. The molecule has 0 radical (unpaired) electrons. The Labute approximate surface area is 140 Å². The number of halogens is 1. The highest BCUT2D eigenvalue weighted by molar-refractivity contribution is 7.92. The highest BCUT2D eigenvalue weighted by atomic mass is 32.2. The van der Waals surface area contributed by atoms with E-state index in [0.29, 0.717) is 24.2 Å². The molecule has 1 aliphatic heterocycles. The quantitative estimate of drug-likeness (QED) is 0.923. The third-order valence-corrected chi connectivity index (χ3v) is 5.36. The Balaban J connectivity index is 1.84. The minimum Gasteiger partial charge on any atom is -0.312 e. The number of carbonyl (C=O) groups excluding carboxylic acids is 1. The SMILES string of the molecule is Cc1ccc(F)cc1NS(=O)(=O)c1ccc(N2CCCC2=O)cc1. The van der Waals surface area contributed by atoms with Crippen molar-refractivity contribution in [2.24, 2.45) is 0 Å². The molecule has 1 N–H and O–H groups in total. The van der Waals surface area contributed by atoms with Crippen molar-refractivity contribution in [1.82, 2.24) is 0 Å². The second kappa shape index (κ2) is 6.24. The fourth-order valence-electron chi connectivity index (χ4n) is 2.63. The lowest BCUT2D eigenvalue weighted by Gasteiger charge is -2.16. The van der Waals surface area contributed by atoms with Gasteiger partial charge in [0.05, 0.1) is 10.6 Å². The second-order valence-electron chi connectivity index (χ2n) is 5.71. The predicted molar refractivity (Wildman–Crippen MR) is 90.0 cm³/mol. The molecular formula is C17H17FN2O3S. The van der Waals surface area contributed by atoms with Crippen LogP contribution in [0.3, 0.4) is 0 Å². The van der Waals surface area contributed by atoms with Gasteiger partial charge in [-0.2, -0.15) is 0 Å². The average Bonchev–Trinajstić information content (AvgIpc) is 2.97. The number of nitrogens with zero attached hydrogens (tertiary/aromatic N) is 1. The van der Waals surface area contributed by atoms with Crippen molar-refractivity contribution in [1.29, 1.82) is 0 Å². The minimum atomic E-state index is -3.83. The number of hydrogen-bond donors (Lipinski definition) is 1. The zero-order chi connectivity index (χ0) is 17.3. The third-order valence-electron chi connectivity index (χ3n) is 3.98. The van der Waals surface area contributed by atoms with E-state index in [9.17, 15) is 17.6 Å². The molecule has 1 saturated heterocycles. The molecule has 1 fully saturated rings. The van der Waals surface area contributed by atoms with Crippen LogP contribution in [0.4, 0.5) is 15.8 Å². The maximum absolute atomic E-state index is 13.3. The van der Waals surface area contributed by atoms with Gasteiger partial charge in [-0.05, 0) is 55.3 Å². The van der Waals surface area contributed by atoms with E-state index in [-0.39, 0.29) is 16.5 Å². The van der Waals surface area contributed by atoms with Crippen LogP contribution >= 0.6 is 0 Å². The number of benzene rings is 2. The lowest BCUT2D eigenvalue weighted by molar-refractivity contribution is -0.117. The van der Waals surface area contributed by atoms with Gasteiger partial charge in [-0.15, -0.1) is 0 Å². The number of sulfonamides is 1. The number of carbonyl (C=O) groups is 1. The van der Waals surface area contributed by atoms with Crippen LogP contribution in [0.5, 0.6) is 0 Å². The van der Waals surface area contributed by atoms with Gasteiger partial charge in [0.25, 0.3) is 10.0 Å². The van der Waals surface area contributed by atoms with Crippen LogP contribution < -0.4 is 9.62 Å². The number of anilines is 2. The summed E-state index contributed by atoms with van der Waals surface area (Å²) in [6.45, 7) is 2.34. The van der Waals surface area contributed by atoms with Crippen molar-refractivity contribution in [3.05, 3.63) is 53.8 Å². The average molecular weight is 348 g/mol.